The first-order chi connectivity index (χ1) is 6.31. The van der Waals surface area contributed by atoms with Gasteiger partial charge in [-0.25, -0.2) is 0 Å². The van der Waals surface area contributed by atoms with E-state index < -0.39 is 0 Å². The second-order valence-corrected chi connectivity index (χ2v) is 4.93. The molecule has 3 nitrogen and oxygen atoms in total. The van der Waals surface area contributed by atoms with Crippen LogP contribution in [0.15, 0.2) is 12.3 Å². The van der Waals surface area contributed by atoms with Crippen molar-refractivity contribution in [2.75, 3.05) is 0 Å². The number of hydrogen-bond acceptors (Lipinski definition) is 2. The second-order valence-electron chi connectivity index (χ2n) is 4.93. The Bertz CT molecular complexity index is 270. The van der Waals surface area contributed by atoms with Crippen LogP contribution < -0.4 is 0 Å². The Balaban J connectivity index is 2.70. The Morgan fingerprint density at radius 2 is 2.00 bits per heavy atom. The molecule has 3 heteroatoms. The normalized spacial score (nSPS) is 17.8. The molecule has 2 amide bonds. The maximum atomic E-state index is 11.7. The summed E-state index contributed by atoms with van der Waals surface area (Å²) in [6.07, 6.45) is 1.43. The minimum Gasteiger partial charge on any atom is -0.274 e. The van der Waals surface area contributed by atoms with Crippen molar-refractivity contribution < 1.29 is 9.59 Å². The Morgan fingerprint density at radius 1 is 1.43 bits per heavy atom. The molecule has 0 spiro atoms. The minimum absolute atomic E-state index is 0.0831. The van der Waals surface area contributed by atoms with E-state index in [9.17, 15) is 9.59 Å². The second kappa shape index (κ2) is 3.56. The summed E-state index contributed by atoms with van der Waals surface area (Å²) in [5, 5.41) is 0. The van der Waals surface area contributed by atoms with Gasteiger partial charge in [0.15, 0.2) is 0 Å². The number of imide groups is 1. The van der Waals surface area contributed by atoms with E-state index in [0.29, 0.717) is 25.0 Å². The Kier molecular flexibility index (Phi) is 2.79. The largest absolute Gasteiger partial charge is 0.274 e. The number of likely N-dealkylation sites (tertiary alicyclic amines) is 1. The van der Waals surface area contributed by atoms with Gasteiger partial charge < -0.3 is 0 Å². The smallest absolute Gasteiger partial charge is 0.234 e. The van der Waals surface area contributed by atoms with E-state index in [2.05, 4.69) is 6.58 Å². The zero-order valence-electron chi connectivity index (χ0n) is 9.09. The lowest BCUT2D eigenvalue weighted by molar-refractivity contribution is -0.141. The minimum atomic E-state index is -0.120. The molecule has 14 heavy (non-hydrogen) atoms. The van der Waals surface area contributed by atoms with Crippen LogP contribution in [0.5, 0.6) is 0 Å². The topological polar surface area (TPSA) is 37.4 Å². The van der Waals surface area contributed by atoms with Crippen LogP contribution in [-0.2, 0) is 9.59 Å². The number of carbonyl (C=O) groups is 2. The number of rotatable bonds is 1. The molecule has 1 heterocycles. The first-order valence-corrected chi connectivity index (χ1v) is 4.85. The van der Waals surface area contributed by atoms with Crippen molar-refractivity contribution in [1.29, 1.82) is 0 Å². The molecular weight excluding hydrogens is 178 g/mol. The van der Waals surface area contributed by atoms with Crippen LogP contribution >= 0.6 is 0 Å². The summed E-state index contributed by atoms with van der Waals surface area (Å²) >= 11 is 0. The third-order valence-corrected chi connectivity index (χ3v) is 2.12. The van der Waals surface area contributed by atoms with Gasteiger partial charge in [0.1, 0.15) is 0 Å². The SMILES string of the molecule is C=C1CCC(=O)N1C(=O)CC(C)(C)C. The number of allylic oxidation sites excluding steroid dienone is 1. The summed E-state index contributed by atoms with van der Waals surface area (Å²) in [5.41, 5.74) is 0.560. The zero-order chi connectivity index (χ0) is 10.9. The quantitative estimate of drug-likeness (QED) is 0.642. The first kappa shape index (κ1) is 11.0. The fourth-order valence-electron chi connectivity index (χ4n) is 1.50. The molecule has 0 aliphatic carbocycles. The zero-order valence-corrected chi connectivity index (χ0v) is 9.09. The van der Waals surface area contributed by atoms with Crippen LogP contribution in [0, 0.1) is 5.41 Å². The highest BCUT2D eigenvalue weighted by Gasteiger charge is 2.31. The number of hydrogen-bond donors (Lipinski definition) is 0. The average Bonchev–Trinajstić information content (AvgIpc) is 2.27. The molecule has 0 aromatic heterocycles. The van der Waals surface area contributed by atoms with Gasteiger partial charge >= 0.3 is 0 Å². The molecule has 1 fully saturated rings. The van der Waals surface area contributed by atoms with E-state index in [1.54, 1.807) is 0 Å². The fourth-order valence-corrected chi connectivity index (χ4v) is 1.50. The molecule has 0 aromatic carbocycles. The van der Waals surface area contributed by atoms with Gasteiger partial charge in [-0.3, -0.25) is 14.5 Å². The van der Waals surface area contributed by atoms with E-state index >= 15 is 0 Å². The summed E-state index contributed by atoms with van der Waals surface area (Å²) in [5.74, 6) is -0.228. The molecule has 78 valence electrons. The molecule has 0 bridgehead atoms. The van der Waals surface area contributed by atoms with Crippen molar-refractivity contribution in [3.63, 3.8) is 0 Å². The van der Waals surface area contributed by atoms with Crippen molar-refractivity contribution in [3.8, 4) is 0 Å². The average molecular weight is 195 g/mol. The summed E-state index contributed by atoms with van der Waals surface area (Å²) in [7, 11) is 0. The lowest BCUT2D eigenvalue weighted by Gasteiger charge is -2.22. The third-order valence-electron chi connectivity index (χ3n) is 2.12. The van der Waals surface area contributed by atoms with Gasteiger partial charge in [0.2, 0.25) is 11.8 Å². The van der Waals surface area contributed by atoms with Crippen molar-refractivity contribution in [3.05, 3.63) is 12.3 Å². The summed E-state index contributed by atoms with van der Waals surface area (Å²) in [6, 6.07) is 0. The first-order valence-electron chi connectivity index (χ1n) is 4.85. The van der Waals surface area contributed by atoms with Gasteiger partial charge in [0.05, 0.1) is 0 Å². The third kappa shape index (κ3) is 2.44. The van der Waals surface area contributed by atoms with Gasteiger partial charge in [-0.1, -0.05) is 27.4 Å². The fraction of sp³-hybridized carbons (Fsp3) is 0.636. The van der Waals surface area contributed by atoms with Gasteiger partial charge in [0, 0.05) is 18.5 Å². The maximum Gasteiger partial charge on any atom is 0.234 e. The molecule has 1 aliphatic rings. The van der Waals surface area contributed by atoms with Crippen molar-refractivity contribution >= 4 is 11.8 Å². The van der Waals surface area contributed by atoms with Crippen LogP contribution in [-0.4, -0.2) is 16.7 Å². The highest BCUT2D eigenvalue weighted by molar-refractivity contribution is 5.99. The van der Waals surface area contributed by atoms with Crippen molar-refractivity contribution in [2.45, 2.75) is 40.0 Å². The van der Waals surface area contributed by atoms with Gasteiger partial charge in [-0.15, -0.1) is 0 Å². The predicted octanol–water partition coefficient (Wildman–Crippen LogP) is 2.09. The molecule has 0 atom stereocenters. The molecule has 0 N–H and O–H groups in total. The molecule has 0 aromatic rings. The molecule has 1 aliphatic heterocycles. The highest BCUT2D eigenvalue weighted by atomic mass is 16.2. The summed E-state index contributed by atoms with van der Waals surface area (Å²) in [4.78, 5) is 24.3. The molecule has 1 saturated heterocycles. The lowest BCUT2D eigenvalue weighted by atomic mass is 9.91. The van der Waals surface area contributed by atoms with Crippen LogP contribution in [0.1, 0.15) is 40.0 Å². The van der Waals surface area contributed by atoms with E-state index in [1.807, 2.05) is 20.8 Å². The molecule has 0 radical (unpaired) electrons. The van der Waals surface area contributed by atoms with E-state index in [4.69, 9.17) is 0 Å². The summed E-state index contributed by atoms with van der Waals surface area (Å²) in [6.45, 7) is 9.66. The summed E-state index contributed by atoms with van der Waals surface area (Å²) < 4.78 is 0. The number of nitrogens with zero attached hydrogens (tertiary/aromatic N) is 1. The van der Waals surface area contributed by atoms with E-state index in [1.165, 1.54) is 4.90 Å². The Hall–Kier alpha value is -1.12. The van der Waals surface area contributed by atoms with E-state index in [-0.39, 0.29) is 17.2 Å². The van der Waals surface area contributed by atoms with Crippen LogP contribution in [0.4, 0.5) is 0 Å². The standard InChI is InChI=1S/C11H17NO2/c1-8-5-6-9(13)12(8)10(14)7-11(2,3)4/h1,5-7H2,2-4H3. The monoisotopic (exact) mass is 195 g/mol. The van der Waals surface area contributed by atoms with Crippen LogP contribution in [0.25, 0.3) is 0 Å². The molecule has 0 unspecified atom stereocenters. The van der Waals surface area contributed by atoms with Crippen molar-refractivity contribution in [1.82, 2.24) is 4.90 Å². The number of amides is 2. The Labute approximate surface area is 84.8 Å². The highest BCUT2D eigenvalue weighted by Crippen LogP contribution is 2.26. The van der Waals surface area contributed by atoms with Gasteiger partial charge in [-0.05, 0) is 11.8 Å². The molecule has 1 rings (SSSR count). The van der Waals surface area contributed by atoms with Gasteiger partial charge in [0.25, 0.3) is 0 Å². The maximum absolute atomic E-state index is 11.7. The lowest BCUT2D eigenvalue weighted by Crippen LogP contribution is -2.33. The number of carbonyl (C=O) groups excluding carboxylic acids is 2. The van der Waals surface area contributed by atoms with Crippen LogP contribution in [0.3, 0.4) is 0 Å². The Morgan fingerprint density at radius 3 is 2.36 bits per heavy atom. The molecular formula is C11H17NO2. The van der Waals surface area contributed by atoms with E-state index in [0.717, 1.165) is 0 Å². The molecule has 0 saturated carbocycles. The van der Waals surface area contributed by atoms with Crippen LogP contribution in [0.2, 0.25) is 0 Å². The van der Waals surface area contributed by atoms with Gasteiger partial charge in [-0.2, -0.15) is 0 Å². The predicted molar refractivity (Wildman–Crippen MR) is 54.3 cm³/mol. The van der Waals surface area contributed by atoms with Crippen molar-refractivity contribution in [2.24, 2.45) is 5.41 Å².